The van der Waals surface area contributed by atoms with Crippen molar-refractivity contribution in [2.75, 3.05) is 0 Å². The summed E-state index contributed by atoms with van der Waals surface area (Å²) in [6.45, 7) is 2.73. The topological polar surface area (TPSA) is 60.9 Å². The number of nitrogens with zero attached hydrogens (tertiary/aromatic N) is 2. The predicted octanol–water partition coefficient (Wildman–Crippen LogP) is 1.16. The zero-order chi connectivity index (χ0) is 9.84. The molecule has 0 unspecified atom stereocenters. The van der Waals surface area contributed by atoms with Gasteiger partial charge in [0.2, 0.25) is 5.91 Å². The molecule has 0 spiro atoms. The molecular formula is C8H10BrN3O. The number of amides is 1. The second-order valence-electron chi connectivity index (χ2n) is 2.43. The van der Waals surface area contributed by atoms with Gasteiger partial charge in [-0.2, -0.15) is 5.10 Å². The molecule has 5 heteroatoms. The smallest absolute Gasteiger partial charge is 0.241 e. The van der Waals surface area contributed by atoms with Crippen LogP contribution in [0.15, 0.2) is 16.7 Å². The Morgan fingerprint density at radius 2 is 2.54 bits per heavy atom. The van der Waals surface area contributed by atoms with Crippen LogP contribution in [0.1, 0.15) is 12.6 Å². The molecule has 1 amide bonds. The standard InChI is InChI=1S/C8H10BrN3O/c1-2-12-7(3-4-8(10)13)6(9)5-11-12/h3-5H,2H2,1H3,(H2,10,13)/b4-3+. The molecule has 2 N–H and O–H groups in total. The lowest BCUT2D eigenvalue weighted by molar-refractivity contribution is -0.113. The number of nitrogens with two attached hydrogens (primary N) is 1. The fourth-order valence-electron chi connectivity index (χ4n) is 0.951. The number of primary amides is 1. The van der Waals surface area contributed by atoms with Gasteiger partial charge in [-0.1, -0.05) is 0 Å². The summed E-state index contributed by atoms with van der Waals surface area (Å²) in [5.41, 5.74) is 5.83. The molecular weight excluding hydrogens is 234 g/mol. The Morgan fingerprint density at radius 1 is 1.85 bits per heavy atom. The monoisotopic (exact) mass is 243 g/mol. The van der Waals surface area contributed by atoms with E-state index in [1.807, 2.05) is 6.92 Å². The number of hydrogen-bond acceptors (Lipinski definition) is 2. The van der Waals surface area contributed by atoms with Crippen molar-refractivity contribution in [3.63, 3.8) is 0 Å². The van der Waals surface area contributed by atoms with Crippen LogP contribution in [0.5, 0.6) is 0 Å². The van der Waals surface area contributed by atoms with Crippen molar-refractivity contribution in [2.45, 2.75) is 13.5 Å². The molecule has 0 saturated heterocycles. The number of rotatable bonds is 3. The summed E-state index contributed by atoms with van der Waals surface area (Å²) in [5, 5.41) is 4.08. The van der Waals surface area contributed by atoms with Gasteiger partial charge < -0.3 is 5.73 Å². The molecule has 1 heterocycles. The second-order valence-corrected chi connectivity index (χ2v) is 3.28. The van der Waals surface area contributed by atoms with E-state index >= 15 is 0 Å². The predicted molar refractivity (Wildman–Crippen MR) is 53.8 cm³/mol. The molecule has 0 aliphatic rings. The number of aryl methyl sites for hydroxylation is 1. The Morgan fingerprint density at radius 3 is 3.08 bits per heavy atom. The van der Waals surface area contributed by atoms with Crippen molar-refractivity contribution in [3.8, 4) is 0 Å². The van der Waals surface area contributed by atoms with E-state index in [9.17, 15) is 4.79 Å². The number of carbonyl (C=O) groups excluding carboxylic acids is 1. The Labute approximate surface area is 84.5 Å². The van der Waals surface area contributed by atoms with Gasteiger partial charge in [-0.25, -0.2) is 0 Å². The highest BCUT2D eigenvalue weighted by molar-refractivity contribution is 9.10. The molecule has 0 bridgehead atoms. The zero-order valence-corrected chi connectivity index (χ0v) is 8.78. The molecule has 0 aliphatic heterocycles. The minimum absolute atomic E-state index is 0.462. The summed E-state index contributed by atoms with van der Waals surface area (Å²) >= 11 is 3.32. The molecule has 70 valence electrons. The van der Waals surface area contributed by atoms with E-state index in [1.165, 1.54) is 6.08 Å². The van der Waals surface area contributed by atoms with Crippen molar-refractivity contribution in [3.05, 3.63) is 22.4 Å². The number of halogens is 1. The molecule has 0 fully saturated rings. The molecule has 13 heavy (non-hydrogen) atoms. The number of aromatic nitrogens is 2. The number of carbonyl (C=O) groups is 1. The van der Waals surface area contributed by atoms with Gasteiger partial charge >= 0.3 is 0 Å². The van der Waals surface area contributed by atoms with Crippen LogP contribution in [0, 0.1) is 0 Å². The average molecular weight is 244 g/mol. The van der Waals surface area contributed by atoms with Crippen molar-refractivity contribution >= 4 is 27.9 Å². The third kappa shape index (κ3) is 2.42. The van der Waals surface area contributed by atoms with Gasteiger partial charge in [0.05, 0.1) is 16.4 Å². The van der Waals surface area contributed by atoms with E-state index in [-0.39, 0.29) is 0 Å². The van der Waals surface area contributed by atoms with Gasteiger partial charge in [0.15, 0.2) is 0 Å². The molecule has 0 atom stereocenters. The van der Waals surface area contributed by atoms with Crippen LogP contribution < -0.4 is 5.73 Å². The Kier molecular flexibility index (Phi) is 3.25. The lowest BCUT2D eigenvalue weighted by Gasteiger charge is -1.98. The summed E-state index contributed by atoms with van der Waals surface area (Å²) in [4.78, 5) is 10.5. The average Bonchev–Trinajstić information content (AvgIpc) is 2.43. The van der Waals surface area contributed by atoms with E-state index in [4.69, 9.17) is 5.73 Å². The SMILES string of the molecule is CCn1ncc(Br)c1/C=C/C(N)=O. The van der Waals surface area contributed by atoms with Crippen LogP contribution in [0.2, 0.25) is 0 Å². The van der Waals surface area contributed by atoms with E-state index in [1.54, 1.807) is 17.0 Å². The Hall–Kier alpha value is -1.10. The van der Waals surface area contributed by atoms with Gasteiger partial charge in [0, 0.05) is 12.6 Å². The van der Waals surface area contributed by atoms with Crippen molar-refractivity contribution in [2.24, 2.45) is 5.73 Å². The summed E-state index contributed by atoms with van der Waals surface area (Å²) in [5.74, 6) is -0.462. The summed E-state index contributed by atoms with van der Waals surface area (Å²) in [6, 6.07) is 0. The molecule has 1 rings (SSSR count). The minimum atomic E-state index is -0.462. The first-order valence-corrected chi connectivity index (χ1v) is 4.63. The van der Waals surface area contributed by atoms with Crippen LogP contribution >= 0.6 is 15.9 Å². The zero-order valence-electron chi connectivity index (χ0n) is 7.20. The summed E-state index contributed by atoms with van der Waals surface area (Å²) in [7, 11) is 0. The quantitative estimate of drug-likeness (QED) is 0.811. The molecule has 0 radical (unpaired) electrons. The summed E-state index contributed by atoms with van der Waals surface area (Å²) < 4.78 is 2.62. The van der Waals surface area contributed by atoms with Crippen molar-refractivity contribution in [1.82, 2.24) is 9.78 Å². The van der Waals surface area contributed by atoms with E-state index < -0.39 is 5.91 Å². The van der Waals surface area contributed by atoms with E-state index in [0.717, 1.165) is 16.7 Å². The molecule has 4 nitrogen and oxygen atoms in total. The van der Waals surface area contributed by atoms with Crippen LogP contribution in [0.4, 0.5) is 0 Å². The van der Waals surface area contributed by atoms with Gasteiger partial charge in [0.1, 0.15) is 0 Å². The lowest BCUT2D eigenvalue weighted by Crippen LogP contribution is -2.06. The van der Waals surface area contributed by atoms with Crippen LogP contribution in [-0.2, 0) is 11.3 Å². The van der Waals surface area contributed by atoms with Gasteiger partial charge in [-0.05, 0) is 28.9 Å². The van der Waals surface area contributed by atoms with E-state index in [0.29, 0.717) is 0 Å². The lowest BCUT2D eigenvalue weighted by atomic mass is 10.3. The third-order valence-corrected chi connectivity index (χ3v) is 2.15. The normalized spacial score (nSPS) is 10.9. The first-order valence-electron chi connectivity index (χ1n) is 3.84. The first-order chi connectivity index (χ1) is 6.15. The highest BCUT2D eigenvalue weighted by atomic mass is 79.9. The van der Waals surface area contributed by atoms with Gasteiger partial charge in [-0.3, -0.25) is 9.48 Å². The van der Waals surface area contributed by atoms with Crippen LogP contribution in [0.25, 0.3) is 6.08 Å². The van der Waals surface area contributed by atoms with Gasteiger partial charge in [-0.15, -0.1) is 0 Å². The highest BCUT2D eigenvalue weighted by Crippen LogP contribution is 2.17. The van der Waals surface area contributed by atoms with Crippen molar-refractivity contribution < 1.29 is 4.79 Å². The molecule has 0 saturated carbocycles. The maximum atomic E-state index is 10.5. The van der Waals surface area contributed by atoms with E-state index in [2.05, 4.69) is 21.0 Å². The fourth-order valence-corrected chi connectivity index (χ4v) is 1.38. The maximum Gasteiger partial charge on any atom is 0.241 e. The Balaban J connectivity index is 2.98. The van der Waals surface area contributed by atoms with Gasteiger partial charge in [0.25, 0.3) is 0 Å². The highest BCUT2D eigenvalue weighted by Gasteiger charge is 2.03. The summed E-state index contributed by atoms with van der Waals surface area (Å²) in [6.07, 6.45) is 4.64. The third-order valence-electron chi connectivity index (χ3n) is 1.54. The van der Waals surface area contributed by atoms with Crippen LogP contribution in [-0.4, -0.2) is 15.7 Å². The second kappa shape index (κ2) is 4.23. The molecule has 1 aromatic heterocycles. The van der Waals surface area contributed by atoms with Crippen molar-refractivity contribution in [1.29, 1.82) is 0 Å². The molecule has 0 aromatic carbocycles. The Bertz CT molecular complexity index is 343. The molecule has 0 aliphatic carbocycles. The fraction of sp³-hybridized carbons (Fsp3) is 0.250. The molecule has 1 aromatic rings. The number of hydrogen-bond donors (Lipinski definition) is 1. The van der Waals surface area contributed by atoms with Crippen LogP contribution in [0.3, 0.4) is 0 Å². The first kappa shape index (κ1) is 9.98. The largest absolute Gasteiger partial charge is 0.366 e. The minimum Gasteiger partial charge on any atom is -0.366 e. The maximum absolute atomic E-state index is 10.5.